The minimum Gasteiger partial charge on any atom is -0.396 e. The first-order valence-electron chi connectivity index (χ1n) is 5.57. The van der Waals surface area contributed by atoms with E-state index in [2.05, 4.69) is 4.98 Å². The lowest BCUT2D eigenvalue weighted by Gasteiger charge is -2.09. The zero-order chi connectivity index (χ0) is 11.5. The molecule has 4 nitrogen and oxygen atoms in total. The van der Waals surface area contributed by atoms with E-state index < -0.39 is 0 Å². The van der Waals surface area contributed by atoms with Crippen LogP contribution in [0.2, 0.25) is 0 Å². The molecule has 88 valence electrons. The minimum atomic E-state index is 0.0137. The summed E-state index contributed by atoms with van der Waals surface area (Å²) in [6, 6.07) is 0.392. The van der Waals surface area contributed by atoms with Crippen LogP contribution in [0.3, 0.4) is 0 Å². The zero-order valence-electron chi connectivity index (χ0n) is 9.30. The maximum absolute atomic E-state index is 12.0. The van der Waals surface area contributed by atoms with Crippen LogP contribution in [0.5, 0.6) is 0 Å². The van der Waals surface area contributed by atoms with Crippen molar-refractivity contribution in [2.45, 2.75) is 42.5 Å². The number of aliphatic hydroxyl groups excluding tert-OH is 1. The second-order valence-corrected chi connectivity index (χ2v) is 5.54. The topological polar surface area (TPSA) is 55.1 Å². The van der Waals surface area contributed by atoms with Gasteiger partial charge >= 0.3 is 0 Å². The van der Waals surface area contributed by atoms with Crippen LogP contribution in [0.15, 0.2) is 22.2 Å². The molecule has 16 heavy (non-hydrogen) atoms. The molecular weight excluding hydrogens is 224 g/mol. The van der Waals surface area contributed by atoms with Crippen molar-refractivity contribution in [3.05, 3.63) is 22.7 Å². The number of rotatable bonds is 5. The van der Waals surface area contributed by atoms with Crippen molar-refractivity contribution in [1.82, 2.24) is 9.55 Å². The molecule has 0 spiro atoms. The highest BCUT2D eigenvalue weighted by Gasteiger charge is 2.25. The van der Waals surface area contributed by atoms with Gasteiger partial charge in [-0.25, -0.2) is 4.98 Å². The van der Waals surface area contributed by atoms with Crippen molar-refractivity contribution >= 4 is 11.8 Å². The van der Waals surface area contributed by atoms with Crippen molar-refractivity contribution in [3.63, 3.8) is 0 Å². The van der Waals surface area contributed by atoms with Crippen LogP contribution in [0.25, 0.3) is 0 Å². The quantitative estimate of drug-likeness (QED) is 0.791. The van der Waals surface area contributed by atoms with E-state index in [1.807, 2.05) is 6.92 Å². The Balaban J connectivity index is 2.14. The first kappa shape index (κ1) is 11.7. The Morgan fingerprint density at radius 3 is 3.06 bits per heavy atom. The third kappa shape index (κ3) is 2.65. The van der Waals surface area contributed by atoms with Gasteiger partial charge in [-0.3, -0.25) is 4.79 Å². The number of hydrogen-bond donors (Lipinski definition) is 1. The van der Waals surface area contributed by atoms with E-state index in [4.69, 9.17) is 5.11 Å². The maximum atomic E-state index is 12.0. The smallest absolute Gasteiger partial charge is 0.283 e. The summed E-state index contributed by atoms with van der Waals surface area (Å²) in [5, 5.41) is 9.59. The molecule has 1 aromatic heterocycles. The van der Waals surface area contributed by atoms with E-state index in [1.165, 1.54) is 11.8 Å². The number of aromatic nitrogens is 2. The molecule has 1 saturated carbocycles. The average molecular weight is 240 g/mol. The molecule has 1 N–H and O–H groups in total. The molecule has 0 radical (unpaired) electrons. The van der Waals surface area contributed by atoms with E-state index in [9.17, 15) is 4.79 Å². The summed E-state index contributed by atoms with van der Waals surface area (Å²) < 4.78 is 1.78. The van der Waals surface area contributed by atoms with Gasteiger partial charge in [0, 0.05) is 30.3 Å². The SMILES string of the molecule is CC(CCO)Sc1nccn(C2CC2)c1=O. The van der Waals surface area contributed by atoms with Gasteiger partial charge < -0.3 is 9.67 Å². The van der Waals surface area contributed by atoms with Crippen molar-refractivity contribution in [2.75, 3.05) is 6.61 Å². The van der Waals surface area contributed by atoms with Gasteiger partial charge in [0.25, 0.3) is 5.56 Å². The molecule has 0 amide bonds. The molecule has 0 aromatic carbocycles. The van der Waals surface area contributed by atoms with Crippen LogP contribution in [0.1, 0.15) is 32.2 Å². The van der Waals surface area contributed by atoms with Gasteiger partial charge in [0.05, 0.1) is 0 Å². The summed E-state index contributed by atoms with van der Waals surface area (Å²) in [6.07, 6.45) is 6.33. The summed E-state index contributed by atoms with van der Waals surface area (Å²) in [5.74, 6) is 0. The number of hydrogen-bond acceptors (Lipinski definition) is 4. The lowest BCUT2D eigenvalue weighted by molar-refractivity contribution is 0.289. The fourth-order valence-electron chi connectivity index (χ4n) is 1.56. The first-order valence-corrected chi connectivity index (χ1v) is 6.45. The Labute approximate surface area is 98.7 Å². The summed E-state index contributed by atoms with van der Waals surface area (Å²) >= 11 is 1.45. The average Bonchev–Trinajstić information content (AvgIpc) is 3.05. The normalized spacial score (nSPS) is 17.4. The van der Waals surface area contributed by atoms with E-state index in [-0.39, 0.29) is 17.4 Å². The molecule has 5 heteroatoms. The van der Waals surface area contributed by atoms with Crippen LogP contribution in [-0.2, 0) is 0 Å². The molecular formula is C11H16N2O2S. The highest BCUT2D eigenvalue weighted by Crippen LogP contribution is 2.33. The Morgan fingerprint density at radius 2 is 2.44 bits per heavy atom. The van der Waals surface area contributed by atoms with Crippen molar-refractivity contribution in [1.29, 1.82) is 0 Å². The summed E-state index contributed by atoms with van der Waals surface area (Å²) in [6.45, 7) is 2.15. The molecule has 2 rings (SSSR count). The van der Waals surface area contributed by atoms with Gasteiger partial charge in [-0.05, 0) is 19.3 Å². The van der Waals surface area contributed by atoms with Crippen molar-refractivity contribution in [3.8, 4) is 0 Å². The number of thioether (sulfide) groups is 1. The van der Waals surface area contributed by atoms with E-state index in [1.54, 1.807) is 17.0 Å². The highest BCUT2D eigenvalue weighted by atomic mass is 32.2. The second kappa shape index (κ2) is 5.01. The first-order chi connectivity index (χ1) is 7.72. The molecule has 1 unspecified atom stereocenters. The third-order valence-corrected chi connectivity index (χ3v) is 3.77. The molecule has 1 aliphatic rings. The Morgan fingerprint density at radius 1 is 1.69 bits per heavy atom. The predicted octanol–water partition coefficient (Wildman–Crippen LogP) is 1.44. The lowest BCUT2D eigenvalue weighted by atomic mass is 10.3. The van der Waals surface area contributed by atoms with E-state index in [0.29, 0.717) is 17.5 Å². The molecule has 0 bridgehead atoms. The minimum absolute atomic E-state index is 0.0137. The number of aliphatic hydroxyl groups is 1. The largest absolute Gasteiger partial charge is 0.396 e. The second-order valence-electron chi connectivity index (χ2n) is 4.12. The summed E-state index contributed by atoms with van der Waals surface area (Å²) in [4.78, 5) is 16.1. The third-order valence-electron chi connectivity index (χ3n) is 2.63. The van der Waals surface area contributed by atoms with Crippen molar-refractivity contribution < 1.29 is 5.11 Å². The van der Waals surface area contributed by atoms with E-state index in [0.717, 1.165) is 12.8 Å². The van der Waals surface area contributed by atoms with Gasteiger partial charge in [-0.15, -0.1) is 0 Å². The van der Waals surface area contributed by atoms with Gasteiger partial charge in [0.15, 0.2) is 5.03 Å². The maximum Gasteiger partial charge on any atom is 0.283 e. The van der Waals surface area contributed by atoms with Crippen molar-refractivity contribution in [2.24, 2.45) is 0 Å². The van der Waals surface area contributed by atoms with Gasteiger partial charge in [-0.2, -0.15) is 0 Å². The molecule has 0 aliphatic heterocycles. The van der Waals surface area contributed by atoms with Gasteiger partial charge in [-0.1, -0.05) is 18.7 Å². The lowest BCUT2D eigenvalue weighted by Crippen LogP contribution is -2.22. The van der Waals surface area contributed by atoms with Gasteiger partial charge in [0.2, 0.25) is 0 Å². The van der Waals surface area contributed by atoms with Crippen LogP contribution in [0.4, 0.5) is 0 Å². The zero-order valence-corrected chi connectivity index (χ0v) is 10.1. The monoisotopic (exact) mass is 240 g/mol. The van der Waals surface area contributed by atoms with Crippen LogP contribution in [-0.4, -0.2) is 26.5 Å². The summed E-state index contributed by atoms with van der Waals surface area (Å²) in [5.41, 5.74) is 0.0137. The molecule has 1 aliphatic carbocycles. The molecule has 1 atom stereocenters. The molecule has 1 aromatic rings. The molecule has 1 fully saturated rings. The Kier molecular flexibility index (Phi) is 3.66. The van der Waals surface area contributed by atoms with Crippen LogP contribution in [0, 0.1) is 0 Å². The fraction of sp³-hybridized carbons (Fsp3) is 0.636. The molecule has 0 saturated heterocycles. The van der Waals surface area contributed by atoms with Crippen LogP contribution >= 0.6 is 11.8 Å². The Bertz CT molecular complexity index is 415. The highest BCUT2D eigenvalue weighted by molar-refractivity contribution is 7.99. The van der Waals surface area contributed by atoms with Crippen LogP contribution < -0.4 is 5.56 Å². The Hall–Kier alpha value is -0.810. The predicted molar refractivity (Wildman–Crippen MR) is 63.8 cm³/mol. The standard InChI is InChI=1S/C11H16N2O2S/c1-8(4-7-14)16-10-11(15)13(6-5-12-10)9-2-3-9/h5-6,8-9,14H,2-4,7H2,1H3. The number of nitrogens with zero attached hydrogens (tertiary/aromatic N) is 2. The fourth-order valence-corrected chi connectivity index (χ4v) is 2.49. The summed E-state index contributed by atoms with van der Waals surface area (Å²) in [7, 11) is 0. The van der Waals surface area contributed by atoms with E-state index >= 15 is 0 Å². The molecule has 1 heterocycles. The van der Waals surface area contributed by atoms with Gasteiger partial charge in [0.1, 0.15) is 0 Å².